The SMILES string of the molecule is CCC(N)CC(=O)c1ccc(-c2ccccc2)cc1. The third-order valence-electron chi connectivity index (χ3n) is 3.29. The second kappa shape index (κ2) is 6.30. The number of Topliss-reactive ketones (excluding diaryl/α,β-unsaturated/α-hetero) is 1. The van der Waals surface area contributed by atoms with Crippen LogP contribution in [0.2, 0.25) is 0 Å². The molecule has 0 aliphatic carbocycles. The fraction of sp³-hybridized carbons (Fsp3) is 0.235. The van der Waals surface area contributed by atoms with Gasteiger partial charge in [0.2, 0.25) is 0 Å². The Balaban J connectivity index is 2.13. The lowest BCUT2D eigenvalue weighted by atomic mass is 9.99. The minimum Gasteiger partial charge on any atom is -0.327 e. The van der Waals surface area contributed by atoms with Gasteiger partial charge in [0.25, 0.3) is 0 Å². The van der Waals surface area contributed by atoms with Gasteiger partial charge in [0.15, 0.2) is 5.78 Å². The molecule has 0 aliphatic heterocycles. The Labute approximate surface area is 114 Å². The number of nitrogens with two attached hydrogens (primary N) is 1. The first kappa shape index (κ1) is 13.5. The molecule has 0 spiro atoms. The number of rotatable bonds is 5. The number of carbonyl (C=O) groups is 1. The van der Waals surface area contributed by atoms with Gasteiger partial charge in [-0.2, -0.15) is 0 Å². The van der Waals surface area contributed by atoms with Gasteiger partial charge in [-0.15, -0.1) is 0 Å². The van der Waals surface area contributed by atoms with Crippen LogP contribution in [0, 0.1) is 0 Å². The van der Waals surface area contributed by atoms with Crippen molar-refractivity contribution in [3.05, 3.63) is 60.2 Å². The van der Waals surface area contributed by atoms with E-state index in [4.69, 9.17) is 5.73 Å². The Morgan fingerprint density at radius 2 is 1.58 bits per heavy atom. The highest BCUT2D eigenvalue weighted by atomic mass is 16.1. The zero-order valence-electron chi connectivity index (χ0n) is 11.2. The van der Waals surface area contributed by atoms with E-state index in [0.29, 0.717) is 6.42 Å². The molecule has 19 heavy (non-hydrogen) atoms. The lowest BCUT2D eigenvalue weighted by Crippen LogP contribution is -2.22. The standard InChI is InChI=1S/C17H19NO/c1-2-16(18)12-17(19)15-10-8-14(9-11-15)13-6-4-3-5-7-13/h3-11,16H,2,12,18H2,1H3. The Hall–Kier alpha value is -1.93. The molecule has 1 unspecified atom stereocenters. The largest absolute Gasteiger partial charge is 0.327 e. The summed E-state index contributed by atoms with van der Waals surface area (Å²) >= 11 is 0. The van der Waals surface area contributed by atoms with Crippen molar-refractivity contribution in [3.63, 3.8) is 0 Å². The first-order chi connectivity index (χ1) is 9.20. The van der Waals surface area contributed by atoms with Crippen molar-refractivity contribution in [2.24, 2.45) is 5.73 Å². The maximum Gasteiger partial charge on any atom is 0.164 e. The van der Waals surface area contributed by atoms with E-state index in [2.05, 4.69) is 12.1 Å². The molecule has 0 saturated heterocycles. The molecule has 0 heterocycles. The number of hydrogen-bond acceptors (Lipinski definition) is 2. The second-order valence-electron chi connectivity index (χ2n) is 4.74. The molecule has 2 heteroatoms. The maximum absolute atomic E-state index is 12.0. The van der Waals surface area contributed by atoms with Crippen molar-refractivity contribution in [3.8, 4) is 11.1 Å². The molecular formula is C17H19NO. The monoisotopic (exact) mass is 253 g/mol. The predicted molar refractivity (Wildman–Crippen MR) is 79.1 cm³/mol. The summed E-state index contributed by atoms with van der Waals surface area (Å²) in [5.74, 6) is 0.119. The van der Waals surface area contributed by atoms with Crippen molar-refractivity contribution in [2.75, 3.05) is 0 Å². The Morgan fingerprint density at radius 1 is 1.00 bits per heavy atom. The van der Waals surface area contributed by atoms with Crippen LogP contribution in [0.5, 0.6) is 0 Å². The van der Waals surface area contributed by atoms with Crippen molar-refractivity contribution in [1.29, 1.82) is 0 Å². The van der Waals surface area contributed by atoms with E-state index in [0.717, 1.165) is 23.1 Å². The van der Waals surface area contributed by atoms with E-state index in [-0.39, 0.29) is 11.8 Å². The second-order valence-corrected chi connectivity index (χ2v) is 4.74. The average molecular weight is 253 g/mol. The van der Waals surface area contributed by atoms with Crippen LogP contribution in [0.4, 0.5) is 0 Å². The van der Waals surface area contributed by atoms with Crippen LogP contribution >= 0.6 is 0 Å². The van der Waals surface area contributed by atoms with Crippen LogP contribution in [0.25, 0.3) is 11.1 Å². The molecule has 0 aromatic heterocycles. The van der Waals surface area contributed by atoms with Crippen molar-refractivity contribution < 1.29 is 4.79 Å². The lowest BCUT2D eigenvalue weighted by Gasteiger charge is -2.08. The van der Waals surface area contributed by atoms with E-state index in [1.165, 1.54) is 0 Å². The third-order valence-corrected chi connectivity index (χ3v) is 3.29. The van der Waals surface area contributed by atoms with Crippen LogP contribution in [0.3, 0.4) is 0 Å². The molecule has 0 bridgehead atoms. The molecule has 2 aromatic carbocycles. The third kappa shape index (κ3) is 3.52. The summed E-state index contributed by atoms with van der Waals surface area (Å²) in [5, 5.41) is 0. The smallest absolute Gasteiger partial charge is 0.164 e. The van der Waals surface area contributed by atoms with E-state index in [1.807, 2.05) is 49.4 Å². The summed E-state index contributed by atoms with van der Waals surface area (Å²) in [6.45, 7) is 2.00. The van der Waals surface area contributed by atoms with Gasteiger partial charge in [0, 0.05) is 18.0 Å². The molecule has 98 valence electrons. The first-order valence-corrected chi connectivity index (χ1v) is 6.65. The predicted octanol–water partition coefficient (Wildman–Crippen LogP) is 3.66. The topological polar surface area (TPSA) is 43.1 Å². The highest BCUT2D eigenvalue weighted by Crippen LogP contribution is 2.19. The minimum atomic E-state index is -0.0405. The molecule has 0 fully saturated rings. The van der Waals surface area contributed by atoms with Crippen molar-refractivity contribution in [1.82, 2.24) is 0 Å². The summed E-state index contributed by atoms with van der Waals surface area (Å²) in [7, 11) is 0. The number of benzene rings is 2. The van der Waals surface area contributed by atoms with Gasteiger partial charge < -0.3 is 5.73 Å². The molecule has 2 rings (SSSR count). The van der Waals surface area contributed by atoms with E-state index >= 15 is 0 Å². The minimum absolute atomic E-state index is 0.0405. The molecular weight excluding hydrogens is 234 g/mol. The van der Waals surface area contributed by atoms with Gasteiger partial charge in [-0.3, -0.25) is 4.79 Å². The van der Waals surface area contributed by atoms with Gasteiger partial charge in [-0.05, 0) is 17.5 Å². The van der Waals surface area contributed by atoms with Gasteiger partial charge in [0.05, 0.1) is 0 Å². The summed E-state index contributed by atoms with van der Waals surface area (Å²) in [5.41, 5.74) is 8.83. The number of ketones is 1. The van der Waals surface area contributed by atoms with Crippen LogP contribution in [0.1, 0.15) is 30.1 Å². The van der Waals surface area contributed by atoms with Gasteiger partial charge in [-0.1, -0.05) is 61.5 Å². The number of carbonyl (C=O) groups excluding carboxylic acids is 1. The van der Waals surface area contributed by atoms with Gasteiger partial charge in [0.1, 0.15) is 0 Å². The van der Waals surface area contributed by atoms with Crippen molar-refractivity contribution >= 4 is 5.78 Å². The molecule has 0 amide bonds. The molecule has 0 radical (unpaired) electrons. The molecule has 0 aliphatic rings. The van der Waals surface area contributed by atoms with E-state index in [1.54, 1.807) is 0 Å². The summed E-state index contributed by atoms with van der Waals surface area (Å²) in [6.07, 6.45) is 1.25. The molecule has 2 N–H and O–H groups in total. The Morgan fingerprint density at radius 3 is 2.16 bits per heavy atom. The fourth-order valence-corrected chi connectivity index (χ4v) is 1.98. The van der Waals surface area contributed by atoms with Crippen LogP contribution < -0.4 is 5.73 Å². The molecule has 2 nitrogen and oxygen atoms in total. The molecule has 1 atom stereocenters. The summed E-state index contributed by atoms with van der Waals surface area (Å²) in [4.78, 5) is 12.0. The van der Waals surface area contributed by atoms with Crippen LogP contribution in [-0.2, 0) is 0 Å². The van der Waals surface area contributed by atoms with Crippen LogP contribution in [0.15, 0.2) is 54.6 Å². The van der Waals surface area contributed by atoms with Crippen molar-refractivity contribution in [2.45, 2.75) is 25.8 Å². The highest BCUT2D eigenvalue weighted by molar-refractivity contribution is 5.96. The lowest BCUT2D eigenvalue weighted by molar-refractivity contribution is 0.0974. The average Bonchev–Trinajstić information content (AvgIpc) is 2.48. The van der Waals surface area contributed by atoms with E-state index in [9.17, 15) is 4.79 Å². The molecule has 2 aromatic rings. The first-order valence-electron chi connectivity index (χ1n) is 6.65. The van der Waals surface area contributed by atoms with Gasteiger partial charge in [-0.25, -0.2) is 0 Å². The summed E-state index contributed by atoms with van der Waals surface area (Å²) < 4.78 is 0. The van der Waals surface area contributed by atoms with Gasteiger partial charge >= 0.3 is 0 Å². The molecule has 0 saturated carbocycles. The zero-order chi connectivity index (χ0) is 13.7. The summed E-state index contributed by atoms with van der Waals surface area (Å²) in [6, 6.07) is 17.8. The Kier molecular flexibility index (Phi) is 4.48. The highest BCUT2D eigenvalue weighted by Gasteiger charge is 2.10. The quantitative estimate of drug-likeness (QED) is 0.826. The fourth-order valence-electron chi connectivity index (χ4n) is 1.98. The van der Waals surface area contributed by atoms with Crippen LogP contribution in [-0.4, -0.2) is 11.8 Å². The zero-order valence-corrected chi connectivity index (χ0v) is 11.2. The number of hydrogen-bond donors (Lipinski definition) is 1. The van der Waals surface area contributed by atoms with E-state index < -0.39 is 0 Å². The Bertz CT molecular complexity index is 531. The maximum atomic E-state index is 12.0. The normalized spacial score (nSPS) is 12.1.